The lowest BCUT2D eigenvalue weighted by Crippen LogP contribution is -2.38. The van der Waals surface area contributed by atoms with Crippen molar-refractivity contribution in [1.82, 2.24) is 29.3 Å². The molecular weight excluding hydrogens is 564 g/mol. The summed E-state index contributed by atoms with van der Waals surface area (Å²) in [5.74, 6) is 3.29. The van der Waals surface area contributed by atoms with Crippen LogP contribution in [0.15, 0.2) is 48.5 Å². The number of benzene rings is 2. The SMILES string of the molecule is COc1cc(C(=O)N2CC3CCC2[C@@H]3C)cc2nc(-c3cc4ccc(-c5ccc6c(c5)C(=O)NC6)nc4n3CC3CC3)n(C)c12. The van der Waals surface area contributed by atoms with Crippen LogP contribution in [0.25, 0.3) is 44.8 Å². The average molecular weight is 601 g/mol. The summed E-state index contributed by atoms with van der Waals surface area (Å²) < 4.78 is 10.3. The number of piperidine rings is 1. The summed E-state index contributed by atoms with van der Waals surface area (Å²) in [6, 6.07) is 16.5. The summed E-state index contributed by atoms with van der Waals surface area (Å²) in [4.78, 5) is 38.5. The van der Waals surface area contributed by atoms with Gasteiger partial charge in [0.15, 0.2) is 5.82 Å². The number of rotatable bonds is 6. The zero-order valence-electron chi connectivity index (χ0n) is 25.8. The van der Waals surface area contributed by atoms with Gasteiger partial charge in [0, 0.05) is 54.8 Å². The van der Waals surface area contributed by atoms with Crippen molar-refractivity contribution in [3.8, 4) is 28.5 Å². The minimum absolute atomic E-state index is 0.0309. The number of ether oxygens (including phenoxy) is 1. The van der Waals surface area contributed by atoms with Gasteiger partial charge >= 0.3 is 0 Å². The number of carbonyl (C=O) groups excluding carboxylic acids is 2. The molecule has 2 unspecified atom stereocenters. The van der Waals surface area contributed by atoms with E-state index in [9.17, 15) is 9.59 Å². The first-order valence-electron chi connectivity index (χ1n) is 16.2. The Hall–Kier alpha value is -4.66. The van der Waals surface area contributed by atoms with Crippen LogP contribution in [0.3, 0.4) is 0 Å². The molecule has 2 bridgehead atoms. The molecule has 2 amide bonds. The number of imidazole rings is 1. The smallest absolute Gasteiger partial charge is 0.254 e. The quantitative estimate of drug-likeness (QED) is 0.266. The number of amides is 2. The molecule has 0 spiro atoms. The first-order chi connectivity index (χ1) is 21.9. The third-order valence-corrected chi connectivity index (χ3v) is 10.9. The van der Waals surface area contributed by atoms with Gasteiger partial charge in [-0.05, 0) is 85.4 Å². The highest BCUT2D eigenvalue weighted by Gasteiger charge is 2.46. The van der Waals surface area contributed by atoms with Crippen molar-refractivity contribution in [3.63, 3.8) is 0 Å². The summed E-state index contributed by atoms with van der Waals surface area (Å²) in [6.45, 7) is 4.56. The van der Waals surface area contributed by atoms with Crippen LogP contribution in [0.1, 0.15) is 58.9 Å². The third-order valence-electron chi connectivity index (χ3n) is 10.9. The largest absolute Gasteiger partial charge is 0.494 e. The molecule has 5 aromatic rings. The van der Waals surface area contributed by atoms with Crippen LogP contribution >= 0.6 is 0 Å². The van der Waals surface area contributed by atoms with Crippen LogP contribution in [0.5, 0.6) is 5.75 Å². The van der Waals surface area contributed by atoms with Crippen molar-refractivity contribution in [2.45, 2.75) is 51.7 Å². The first kappa shape index (κ1) is 26.7. The third kappa shape index (κ3) is 4.05. The molecule has 1 saturated heterocycles. The number of fused-ring (bicyclic) bond motifs is 5. The molecule has 3 aromatic heterocycles. The minimum Gasteiger partial charge on any atom is -0.494 e. The predicted molar refractivity (Wildman–Crippen MR) is 172 cm³/mol. The fraction of sp³-hybridized carbons (Fsp3) is 0.389. The lowest BCUT2D eigenvalue weighted by molar-refractivity contribution is 0.0695. The van der Waals surface area contributed by atoms with Gasteiger partial charge in [0.05, 0.1) is 24.0 Å². The number of carbonyl (C=O) groups is 2. The highest BCUT2D eigenvalue weighted by Crippen LogP contribution is 2.44. The number of methoxy groups -OCH3 is 1. The van der Waals surface area contributed by atoms with Crippen molar-refractivity contribution in [2.75, 3.05) is 13.7 Å². The molecular formula is C36H36N6O3. The fourth-order valence-electron chi connectivity index (χ4n) is 8.12. The van der Waals surface area contributed by atoms with E-state index in [2.05, 4.69) is 38.4 Å². The maximum atomic E-state index is 13.8. The number of hydrogen-bond acceptors (Lipinski definition) is 5. The molecule has 3 fully saturated rings. The molecule has 0 radical (unpaired) electrons. The molecule has 3 atom stereocenters. The van der Waals surface area contributed by atoms with Crippen LogP contribution in [0.4, 0.5) is 0 Å². The van der Waals surface area contributed by atoms with Crippen LogP contribution in [0.2, 0.25) is 0 Å². The minimum atomic E-state index is -0.0309. The molecule has 9 heteroatoms. The number of nitrogens with zero attached hydrogens (tertiary/aromatic N) is 5. The van der Waals surface area contributed by atoms with E-state index in [1.807, 2.05) is 43.4 Å². The molecule has 2 aromatic carbocycles. The van der Waals surface area contributed by atoms with Gasteiger partial charge in [0.25, 0.3) is 11.8 Å². The van der Waals surface area contributed by atoms with Gasteiger partial charge in [0.1, 0.15) is 16.9 Å². The molecule has 2 saturated carbocycles. The van der Waals surface area contributed by atoms with Gasteiger partial charge in [-0.15, -0.1) is 0 Å². The van der Waals surface area contributed by atoms with E-state index in [0.717, 1.165) is 75.5 Å². The Balaban J connectivity index is 1.15. The van der Waals surface area contributed by atoms with Gasteiger partial charge in [-0.3, -0.25) is 9.59 Å². The first-order valence-corrected chi connectivity index (χ1v) is 16.2. The van der Waals surface area contributed by atoms with E-state index < -0.39 is 0 Å². The fourth-order valence-corrected chi connectivity index (χ4v) is 8.12. The van der Waals surface area contributed by atoms with Crippen LogP contribution in [0, 0.1) is 17.8 Å². The van der Waals surface area contributed by atoms with Crippen molar-refractivity contribution in [3.05, 3.63) is 65.2 Å². The lowest BCUT2D eigenvalue weighted by Gasteiger charge is -2.27. The molecule has 4 aliphatic rings. The Labute approximate surface area is 261 Å². The second kappa shape index (κ2) is 9.67. The Morgan fingerprint density at radius 2 is 1.91 bits per heavy atom. The van der Waals surface area contributed by atoms with Gasteiger partial charge in [-0.25, -0.2) is 9.97 Å². The summed E-state index contributed by atoms with van der Waals surface area (Å²) >= 11 is 0. The predicted octanol–water partition coefficient (Wildman–Crippen LogP) is 5.79. The Morgan fingerprint density at radius 1 is 1.04 bits per heavy atom. The van der Waals surface area contributed by atoms with E-state index in [0.29, 0.717) is 41.7 Å². The molecule has 1 N–H and O–H groups in total. The molecule has 228 valence electrons. The lowest BCUT2D eigenvalue weighted by atomic mass is 10.0. The summed E-state index contributed by atoms with van der Waals surface area (Å²) in [5, 5.41) is 3.95. The van der Waals surface area contributed by atoms with Crippen molar-refractivity contribution in [2.24, 2.45) is 24.8 Å². The number of likely N-dealkylation sites (tertiary alicyclic amines) is 1. The van der Waals surface area contributed by atoms with Crippen molar-refractivity contribution in [1.29, 1.82) is 0 Å². The normalized spacial score (nSPS) is 22.1. The number of aryl methyl sites for hydroxylation is 1. The molecule has 9 nitrogen and oxygen atoms in total. The van der Waals surface area contributed by atoms with E-state index >= 15 is 0 Å². The number of nitrogens with one attached hydrogen (secondary N) is 1. The van der Waals surface area contributed by atoms with Crippen LogP contribution in [-0.4, -0.2) is 55.5 Å². The average Bonchev–Trinajstić information content (AvgIpc) is 3.26. The highest BCUT2D eigenvalue weighted by molar-refractivity contribution is 6.01. The molecule has 2 aliphatic heterocycles. The molecule has 2 aliphatic carbocycles. The second-order valence-electron chi connectivity index (χ2n) is 13.5. The zero-order valence-corrected chi connectivity index (χ0v) is 25.8. The highest BCUT2D eigenvalue weighted by atomic mass is 16.5. The van der Waals surface area contributed by atoms with E-state index in [1.54, 1.807) is 7.11 Å². The van der Waals surface area contributed by atoms with Crippen molar-refractivity contribution >= 4 is 33.9 Å². The Kier molecular flexibility index (Phi) is 5.74. The van der Waals surface area contributed by atoms with Crippen LogP contribution < -0.4 is 10.1 Å². The van der Waals surface area contributed by atoms with E-state index in [1.165, 1.54) is 19.3 Å². The Morgan fingerprint density at radius 3 is 2.67 bits per heavy atom. The van der Waals surface area contributed by atoms with Gasteiger partial charge in [-0.2, -0.15) is 0 Å². The van der Waals surface area contributed by atoms with Gasteiger partial charge in [-0.1, -0.05) is 19.1 Å². The van der Waals surface area contributed by atoms with Crippen LogP contribution in [-0.2, 0) is 20.1 Å². The van der Waals surface area contributed by atoms with E-state index in [4.69, 9.17) is 14.7 Å². The summed E-state index contributed by atoms with van der Waals surface area (Å²) in [6.07, 6.45) is 4.72. The standard InChI is InChI=1S/C36H36N6O3/c1-19-24-9-11-29(19)42(18-24)36(44)25-13-28-32(31(15-25)45-3)40(2)34(39-28)30-14-22-8-10-27(38-33(22)41(30)17-20-4-5-20)21-6-7-23-16-37-35(43)26(23)12-21/h6-8,10,12-15,19-20,24,29H,4-5,9,11,16-18H2,1-3H3,(H,37,43)/t19-,24?,29?/m1/s1. The van der Waals surface area contributed by atoms with Gasteiger partial charge in [0.2, 0.25) is 0 Å². The van der Waals surface area contributed by atoms with E-state index in [-0.39, 0.29) is 11.8 Å². The zero-order chi connectivity index (χ0) is 30.6. The monoisotopic (exact) mass is 600 g/mol. The van der Waals surface area contributed by atoms with Crippen molar-refractivity contribution < 1.29 is 14.3 Å². The Bertz CT molecular complexity index is 2070. The summed E-state index contributed by atoms with van der Waals surface area (Å²) in [7, 11) is 3.68. The molecule has 45 heavy (non-hydrogen) atoms. The number of aromatic nitrogens is 4. The topological polar surface area (TPSA) is 94.3 Å². The number of pyridine rings is 1. The maximum absolute atomic E-state index is 13.8. The number of hydrogen-bond donors (Lipinski definition) is 1. The molecule has 5 heterocycles. The summed E-state index contributed by atoms with van der Waals surface area (Å²) in [5.41, 5.74) is 7.67. The molecule has 9 rings (SSSR count). The van der Waals surface area contributed by atoms with Gasteiger partial charge < -0.3 is 24.1 Å². The second-order valence-corrected chi connectivity index (χ2v) is 13.5. The maximum Gasteiger partial charge on any atom is 0.254 e.